The third kappa shape index (κ3) is 4.37. The molecule has 1 aliphatic heterocycles. The van der Waals surface area contributed by atoms with E-state index in [1.807, 2.05) is 49.3 Å². The largest absolute Gasteiger partial charge is 0.378 e. The van der Waals surface area contributed by atoms with Crippen LogP contribution in [0.3, 0.4) is 0 Å². The number of hydrogen-bond acceptors (Lipinski definition) is 4. The lowest BCUT2D eigenvalue weighted by Gasteiger charge is -2.19. The maximum Gasteiger partial charge on any atom is 0.282 e. The molecule has 1 heterocycles. The van der Waals surface area contributed by atoms with Crippen LogP contribution in [0.5, 0.6) is 0 Å². The van der Waals surface area contributed by atoms with E-state index in [4.69, 9.17) is 0 Å². The van der Waals surface area contributed by atoms with Gasteiger partial charge in [-0.1, -0.05) is 44.2 Å². The monoisotopic (exact) mass is 443 g/mol. The van der Waals surface area contributed by atoms with E-state index in [2.05, 4.69) is 19.2 Å². The van der Waals surface area contributed by atoms with Crippen molar-refractivity contribution in [1.29, 1.82) is 0 Å². The number of imide groups is 1. The van der Waals surface area contributed by atoms with Gasteiger partial charge in [0.25, 0.3) is 11.8 Å². The summed E-state index contributed by atoms with van der Waals surface area (Å²) in [5, 5.41) is 3.15. The van der Waals surface area contributed by atoms with Gasteiger partial charge in [0.2, 0.25) is 0 Å². The first-order chi connectivity index (χ1) is 15.8. The first-order valence-electron chi connectivity index (χ1n) is 10.8. The molecule has 1 aliphatic rings. The fourth-order valence-electron chi connectivity index (χ4n) is 3.77. The third-order valence-corrected chi connectivity index (χ3v) is 5.67. The van der Waals surface area contributed by atoms with Gasteiger partial charge in [-0.25, -0.2) is 9.29 Å². The fourth-order valence-corrected chi connectivity index (χ4v) is 3.77. The van der Waals surface area contributed by atoms with Crippen molar-refractivity contribution in [2.75, 3.05) is 29.2 Å². The van der Waals surface area contributed by atoms with Crippen molar-refractivity contribution in [2.24, 2.45) is 0 Å². The van der Waals surface area contributed by atoms with Gasteiger partial charge in [0.15, 0.2) is 0 Å². The predicted molar refractivity (Wildman–Crippen MR) is 131 cm³/mol. The lowest BCUT2D eigenvalue weighted by atomic mass is 10.0. The van der Waals surface area contributed by atoms with E-state index in [-0.39, 0.29) is 11.3 Å². The van der Waals surface area contributed by atoms with E-state index in [9.17, 15) is 14.0 Å². The Labute approximate surface area is 193 Å². The zero-order valence-electron chi connectivity index (χ0n) is 19.1. The number of benzene rings is 3. The van der Waals surface area contributed by atoms with Crippen molar-refractivity contribution in [2.45, 2.75) is 19.8 Å². The molecule has 2 amide bonds. The average molecular weight is 444 g/mol. The molecule has 0 aromatic heterocycles. The quantitative estimate of drug-likeness (QED) is 0.518. The summed E-state index contributed by atoms with van der Waals surface area (Å²) >= 11 is 0. The second-order valence-electron chi connectivity index (χ2n) is 8.52. The summed E-state index contributed by atoms with van der Waals surface area (Å²) in [4.78, 5) is 30.1. The number of carbonyl (C=O) groups is 2. The molecule has 1 N–H and O–H groups in total. The highest BCUT2D eigenvalue weighted by Gasteiger charge is 2.40. The fraction of sp³-hybridized carbons (Fsp3) is 0.185. The molecule has 0 radical (unpaired) electrons. The van der Waals surface area contributed by atoms with Crippen molar-refractivity contribution in [3.63, 3.8) is 0 Å². The van der Waals surface area contributed by atoms with Crippen LogP contribution in [-0.2, 0) is 9.59 Å². The molecular weight excluding hydrogens is 417 g/mol. The van der Waals surface area contributed by atoms with Crippen LogP contribution < -0.4 is 15.1 Å². The van der Waals surface area contributed by atoms with Gasteiger partial charge >= 0.3 is 0 Å². The Morgan fingerprint density at radius 3 is 2.15 bits per heavy atom. The topological polar surface area (TPSA) is 52.7 Å². The molecule has 3 aromatic carbocycles. The molecule has 0 unspecified atom stereocenters. The maximum absolute atomic E-state index is 13.6. The summed E-state index contributed by atoms with van der Waals surface area (Å²) in [6, 6.07) is 20.6. The van der Waals surface area contributed by atoms with Crippen molar-refractivity contribution in [1.82, 2.24) is 0 Å². The molecule has 6 heteroatoms. The van der Waals surface area contributed by atoms with Gasteiger partial charge in [0.05, 0.1) is 11.3 Å². The van der Waals surface area contributed by atoms with Crippen LogP contribution in [0.2, 0.25) is 0 Å². The Balaban J connectivity index is 1.78. The van der Waals surface area contributed by atoms with Crippen molar-refractivity contribution in [3.05, 3.63) is 95.4 Å². The average Bonchev–Trinajstić information content (AvgIpc) is 3.04. The Bertz CT molecular complexity index is 1230. The van der Waals surface area contributed by atoms with Crippen LogP contribution in [0.1, 0.15) is 30.9 Å². The first-order valence-corrected chi connectivity index (χ1v) is 10.8. The third-order valence-electron chi connectivity index (χ3n) is 5.67. The van der Waals surface area contributed by atoms with Crippen LogP contribution in [0.25, 0.3) is 5.57 Å². The molecular formula is C27H26FN3O2. The van der Waals surface area contributed by atoms with E-state index in [0.717, 1.165) is 10.6 Å². The van der Waals surface area contributed by atoms with E-state index in [1.165, 1.54) is 29.8 Å². The molecule has 0 bridgehead atoms. The van der Waals surface area contributed by atoms with Gasteiger partial charge in [-0.15, -0.1) is 0 Å². The van der Waals surface area contributed by atoms with Crippen LogP contribution >= 0.6 is 0 Å². The number of halogens is 1. The number of nitrogens with zero attached hydrogens (tertiary/aromatic N) is 2. The van der Waals surface area contributed by atoms with E-state index in [0.29, 0.717) is 22.9 Å². The standard InChI is InChI=1S/C27H26FN3O2/c1-17(2)18-10-14-21(15-11-18)29-25-24(19-8-12-20(28)13-9-19)26(32)31(27(25)33)23-7-5-6-22(16-23)30(3)4/h5-17,29H,1-4H3. The number of rotatable bonds is 6. The summed E-state index contributed by atoms with van der Waals surface area (Å²) in [5.41, 5.74) is 4.05. The number of anilines is 3. The lowest BCUT2D eigenvalue weighted by molar-refractivity contribution is -0.120. The van der Waals surface area contributed by atoms with Crippen LogP contribution in [0.15, 0.2) is 78.5 Å². The highest BCUT2D eigenvalue weighted by Crippen LogP contribution is 2.35. The Morgan fingerprint density at radius 1 is 0.879 bits per heavy atom. The van der Waals surface area contributed by atoms with Gasteiger partial charge in [-0.05, 0) is 59.5 Å². The molecule has 4 rings (SSSR count). The second-order valence-corrected chi connectivity index (χ2v) is 8.52. The van der Waals surface area contributed by atoms with Crippen molar-refractivity contribution in [3.8, 4) is 0 Å². The molecule has 5 nitrogen and oxygen atoms in total. The lowest BCUT2D eigenvalue weighted by Crippen LogP contribution is -2.32. The smallest absolute Gasteiger partial charge is 0.282 e. The number of hydrogen-bond donors (Lipinski definition) is 1. The minimum atomic E-state index is -0.455. The van der Waals surface area contributed by atoms with Crippen LogP contribution in [0.4, 0.5) is 21.5 Å². The molecule has 0 saturated heterocycles. The summed E-state index contributed by atoms with van der Waals surface area (Å²) in [7, 11) is 3.78. The second kappa shape index (κ2) is 8.90. The summed E-state index contributed by atoms with van der Waals surface area (Å²) in [6.45, 7) is 4.22. The van der Waals surface area contributed by atoms with Gasteiger partial charge in [-0.3, -0.25) is 9.59 Å². The maximum atomic E-state index is 13.6. The summed E-state index contributed by atoms with van der Waals surface area (Å²) in [6.07, 6.45) is 0. The Kier molecular flexibility index (Phi) is 6.01. The highest BCUT2D eigenvalue weighted by atomic mass is 19.1. The normalized spacial score (nSPS) is 13.8. The van der Waals surface area contributed by atoms with Gasteiger partial charge in [0, 0.05) is 25.5 Å². The number of carbonyl (C=O) groups excluding carboxylic acids is 2. The van der Waals surface area contributed by atoms with E-state index >= 15 is 0 Å². The predicted octanol–water partition coefficient (Wildman–Crippen LogP) is 5.41. The molecule has 0 saturated carbocycles. The first kappa shape index (κ1) is 22.3. The highest BCUT2D eigenvalue weighted by molar-refractivity contribution is 6.46. The number of amides is 2. The van der Waals surface area contributed by atoms with Gasteiger partial charge in [0.1, 0.15) is 11.5 Å². The van der Waals surface area contributed by atoms with Crippen molar-refractivity contribution < 1.29 is 14.0 Å². The van der Waals surface area contributed by atoms with Gasteiger partial charge in [-0.2, -0.15) is 0 Å². The minimum Gasteiger partial charge on any atom is -0.378 e. The summed E-state index contributed by atoms with van der Waals surface area (Å²) in [5.74, 6) is -0.945. The summed E-state index contributed by atoms with van der Waals surface area (Å²) < 4.78 is 13.6. The Morgan fingerprint density at radius 2 is 1.55 bits per heavy atom. The van der Waals surface area contributed by atoms with E-state index < -0.39 is 17.6 Å². The van der Waals surface area contributed by atoms with Crippen LogP contribution in [-0.4, -0.2) is 25.9 Å². The molecule has 168 valence electrons. The van der Waals surface area contributed by atoms with Crippen molar-refractivity contribution >= 4 is 34.4 Å². The SMILES string of the molecule is CC(C)c1ccc(NC2=C(c3ccc(F)cc3)C(=O)N(c3cccc(N(C)C)c3)C2=O)cc1. The molecule has 0 fully saturated rings. The minimum absolute atomic E-state index is 0.166. The number of nitrogens with one attached hydrogen (secondary N) is 1. The Hall–Kier alpha value is -3.93. The molecule has 0 aliphatic carbocycles. The van der Waals surface area contributed by atoms with Gasteiger partial charge < -0.3 is 10.2 Å². The molecule has 0 spiro atoms. The van der Waals surface area contributed by atoms with E-state index in [1.54, 1.807) is 18.2 Å². The zero-order valence-corrected chi connectivity index (χ0v) is 19.1. The zero-order chi connectivity index (χ0) is 23.7. The van der Waals surface area contributed by atoms with Crippen LogP contribution in [0, 0.1) is 5.82 Å². The molecule has 3 aromatic rings. The molecule has 0 atom stereocenters. The molecule has 33 heavy (non-hydrogen) atoms.